The van der Waals surface area contributed by atoms with Crippen molar-refractivity contribution in [1.29, 1.82) is 5.26 Å². The normalized spacial score (nSPS) is 18.7. The van der Waals surface area contributed by atoms with Gasteiger partial charge in [0.15, 0.2) is 5.82 Å². The first-order valence-corrected chi connectivity index (χ1v) is 12.1. The Morgan fingerprint density at radius 3 is 2.62 bits per heavy atom. The van der Waals surface area contributed by atoms with Crippen molar-refractivity contribution in [1.82, 2.24) is 9.97 Å². The number of piperidine rings is 1. The summed E-state index contributed by atoms with van der Waals surface area (Å²) in [5, 5.41) is 20.5. The minimum atomic E-state index is -0.230. The number of fused-ring (bicyclic) bond motifs is 1. The topological polar surface area (TPSA) is 99.1 Å². The van der Waals surface area contributed by atoms with Gasteiger partial charge < -0.3 is 15.7 Å². The number of nitriles is 1. The first kappa shape index (κ1) is 23.1. The Labute approximate surface area is 209 Å². The number of halogens is 2. The van der Waals surface area contributed by atoms with E-state index < -0.39 is 0 Å². The van der Waals surface area contributed by atoms with Crippen molar-refractivity contribution < 1.29 is 5.11 Å². The van der Waals surface area contributed by atoms with Crippen molar-refractivity contribution in [2.45, 2.75) is 38.8 Å². The molecule has 0 amide bonds. The molecule has 0 radical (unpaired) electrons. The van der Waals surface area contributed by atoms with Gasteiger partial charge in [0, 0.05) is 24.7 Å². The minimum Gasteiger partial charge on any atom is -0.390 e. The SMILES string of the molecule is Cc1nc(N2CCC3(CC2)Cc2c(C#N)cccc2[C@H]3N)c(CO)nc1-c1cccc(Cl)c1Cl. The molecule has 8 heteroatoms. The van der Waals surface area contributed by atoms with Gasteiger partial charge in [-0.25, -0.2) is 9.97 Å². The number of aryl methyl sites for hydroxylation is 1. The highest BCUT2D eigenvalue weighted by molar-refractivity contribution is 6.43. The van der Waals surface area contributed by atoms with Crippen LogP contribution in [0.5, 0.6) is 0 Å². The van der Waals surface area contributed by atoms with Gasteiger partial charge in [0.25, 0.3) is 0 Å². The Balaban J connectivity index is 1.42. The van der Waals surface area contributed by atoms with Gasteiger partial charge in [-0.2, -0.15) is 5.26 Å². The van der Waals surface area contributed by atoms with Gasteiger partial charge in [-0.3, -0.25) is 0 Å². The van der Waals surface area contributed by atoms with Crippen molar-refractivity contribution in [2.75, 3.05) is 18.0 Å². The summed E-state index contributed by atoms with van der Waals surface area (Å²) in [6.07, 6.45) is 2.58. The molecular weight excluding hydrogens is 469 g/mol. The maximum atomic E-state index is 10.1. The van der Waals surface area contributed by atoms with Crippen LogP contribution in [-0.2, 0) is 13.0 Å². The fraction of sp³-hybridized carbons (Fsp3) is 0.346. The molecule has 6 nitrogen and oxygen atoms in total. The highest BCUT2D eigenvalue weighted by Crippen LogP contribution is 2.52. The second-order valence-corrected chi connectivity index (χ2v) is 9.96. The second kappa shape index (κ2) is 8.83. The molecule has 5 rings (SSSR count). The van der Waals surface area contributed by atoms with Gasteiger partial charge in [0.1, 0.15) is 5.69 Å². The molecule has 1 aliphatic carbocycles. The summed E-state index contributed by atoms with van der Waals surface area (Å²) in [5.74, 6) is 0.693. The summed E-state index contributed by atoms with van der Waals surface area (Å²) in [6.45, 7) is 3.17. The van der Waals surface area contributed by atoms with Gasteiger partial charge in [-0.1, -0.05) is 47.5 Å². The van der Waals surface area contributed by atoms with Crippen LogP contribution in [-0.4, -0.2) is 28.2 Å². The number of nitrogens with zero attached hydrogens (tertiary/aromatic N) is 4. The van der Waals surface area contributed by atoms with Crippen molar-refractivity contribution in [3.63, 3.8) is 0 Å². The fourth-order valence-corrected chi connectivity index (χ4v) is 5.87. The lowest BCUT2D eigenvalue weighted by Gasteiger charge is -2.43. The maximum Gasteiger partial charge on any atom is 0.153 e. The van der Waals surface area contributed by atoms with Crippen LogP contribution < -0.4 is 10.6 Å². The van der Waals surface area contributed by atoms with Crippen LogP contribution in [0.3, 0.4) is 0 Å². The monoisotopic (exact) mass is 493 g/mol. The molecule has 0 saturated carbocycles. The van der Waals surface area contributed by atoms with E-state index in [1.807, 2.05) is 31.2 Å². The predicted molar refractivity (Wildman–Crippen MR) is 134 cm³/mol. The van der Waals surface area contributed by atoms with Crippen LogP contribution in [0.25, 0.3) is 11.3 Å². The summed E-state index contributed by atoms with van der Waals surface area (Å²) >= 11 is 12.6. The molecule has 2 aromatic carbocycles. The number of aromatic nitrogens is 2. The minimum absolute atomic E-state index is 0.0676. The molecule has 2 heterocycles. The number of hydrogen-bond acceptors (Lipinski definition) is 6. The Bertz CT molecular complexity index is 1310. The van der Waals surface area contributed by atoms with E-state index >= 15 is 0 Å². The first-order chi connectivity index (χ1) is 16.4. The summed E-state index contributed by atoms with van der Waals surface area (Å²) < 4.78 is 0. The Morgan fingerprint density at radius 2 is 1.91 bits per heavy atom. The van der Waals surface area contributed by atoms with Gasteiger partial charge in [-0.05, 0) is 54.9 Å². The molecule has 0 unspecified atom stereocenters. The third-order valence-corrected chi connectivity index (χ3v) is 8.21. The average Bonchev–Trinajstić information content (AvgIpc) is 3.12. The standard InChI is InChI=1S/C26H25Cl2N5O/c1-15-23(18-6-3-7-20(27)22(18)28)32-21(14-34)25(31-15)33-10-8-26(9-11-33)12-19-16(13-29)4-2-5-17(19)24(26)30/h2-7,24,34H,8-12,14,30H2,1H3/t24-/m1/s1. The van der Waals surface area contributed by atoms with Crippen LogP contribution in [0.2, 0.25) is 10.0 Å². The largest absolute Gasteiger partial charge is 0.390 e. The zero-order valence-corrected chi connectivity index (χ0v) is 20.4. The van der Waals surface area contributed by atoms with Gasteiger partial charge in [0.2, 0.25) is 0 Å². The highest BCUT2D eigenvalue weighted by Gasteiger charge is 2.47. The van der Waals surface area contributed by atoms with Crippen LogP contribution in [0.15, 0.2) is 36.4 Å². The molecular formula is C26H25Cl2N5O. The zero-order valence-electron chi connectivity index (χ0n) is 18.9. The fourth-order valence-electron chi connectivity index (χ4n) is 5.48. The molecule has 1 saturated heterocycles. The summed E-state index contributed by atoms with van der Waals surface area (Å²) in [7, 11) is 0. The molecule has 2 aliphatic rings. The van der Waals surface area contributed by atoms with Crippen molar-refractivity contribution in [3.05, 3.63) is 74.5 Å². The molecule has 3 aromatic rings. The maximum absolute atomic E-state index is 10.1. The van der Waals surface area contributed by atoms with E-state index in [1.165, 1.54) is 0 Å². The molecule has 1 aromatic heterocycles. The van der Waals surface area contributed by atoms with Gasteiger partial charge in [-0.15, -0.1) is 0 Å². The van der Waals surface area contributed by atoms with Crippen molar-refractivity contribution in [2.24, 2.45) is 11.1 Å². The molecule has 0 bridgehead atoms. The molecule has 174 valence electrons. The number of benzene rings is 2. The van der Waals surface area contributed by atoms with E-state index in [4.69, 9.17) is 38.9 Å². The summed E-state index contributed by atoms with van der Waals surface area (Å²) in [6, 6.07) is 13.5. The van der Waals surface area contributed by atoms with Crippen molar-refractivity contribution >= 4 is 29.0 Å². The number of aliphatic hydroxyl groups is 1. The number of hydrogen-bond donors (Lipinski definition) is 2. The lowest BCUT2D eigenvalue weighted by Crippen LogP contribution is -2.45. The predicted octanol–water partition coefficient (Wildman–Crippen LogP) is 4.97. The lowest BCUT2D eigenvalue weighted by atomic mass is 9.73. The molecule has 1 spiro atoms. The van der Waals surface area contributed by atoms with Gasteiger partial charge in [0.05, 0.1) is 39.7 Å². The number of anilines is 1. The van der Waals surface area contributed by atoms with Crippen LogP contribution in [0, 0.1) is 23.7 Å². The van der Waals surface area contributed by atoms with E-state index in [1.54, 1.807) is 6.07 Å². The number of rotatable bonds is 3. The van der Waals surface area contributed by atoms with E-state index in [0.29, 0.717) is 32.8 Å². The highest BCUT2D eigenvalue weighted by atomic mass is 35.5. The zero-order chi connectivity index (χ0) is 24.0. The van der Waals surface area contributed by atoms with Gasteiger partial charge >= 0.3 is 0 Å². The van der Waals surface area contributed by atoms with E-state index in [0.717, 1.165) is 54.7 Å². The quantitative estimate of drug-likeness (QED) is 0.534. The average molecular weight is 494 g/mol. The van der Waals surface area contributed by atoms with Crippen LogP contribution in [0.1, 0.15) is 47.0 Å². The van der Waals surface area contributed by atoms with E-state index in [-0.39, 0.29) is 18.1 Å². The Hall–Kier alpha value is -2.69. The Kier molecular flexibility index (Phi) is 5.99. The summed E-state index contributed by atoms with van der Waals surface area (Å²) in [4.78, 5) is 11.8. The van der Waals surface area contributed by atoms with Crippen LogP contribution >= 0.6 is 23.2 Å². The molecule has 1 aliphatic heterocycles. The Morgan fingerprint density at radius 1 is 1.18 bits per heavy atom. The molecule has 3 N–H and O–H groups in total. The van der Waals surface area contributed by atoms with Crippen molar-refractivity contribution in [3.8, 4) is 17.3 Å². The van der Waals surface area contributed by atoms with Crippen LogP contribution in [0.4, 0.5) is 5.82 Å². The van der Waals surface area contributed by atoms with E-state index in [9.17, 15) is 10.4 Å². The number of nitrogens with two attached hydrogens (primary N) is 1. The van der Waals surface area contributed by atoms with E-state index in [2.05, 4.69) is 17.0 Å². The molecule has 1 atom stereocenters. The molecule has 34 heavy (non-hydrogen) atoms. The first-order valence-electron chi connectivity index (χ1n) is 11.3. The number of aliphatic hydroxyl groups excluding tert-OH is 1. The lowest BCUT2D eigenvalue weighted by molar-refractivity contribution is 0.186. The smallest absolute Gasteiger partial charge is 0.153 e. The molecule has 1 fully saturated rings. The summed E-state index contributed by atoms with van der Waals surface area (Å²) in [5.41, 5.74) is 12.1. The third kappa shape index (κ3) is 3.64. The second-order valence-electron chi connectivity index (χ2n) is 9.18. The third-order valence-electron chi connectivity index (χ3n) is 7.39.